The number of rotatable bonds is 8. The highest BCUT2D eigenvalue weighted by atomic mass is 32.2. The monoisotopic (exact) mass is 392 g/mol. The van der Waals surface area contributed by atoms with Gasteiger partial charge < -0.3 is 14.6 Å². The minimum Gasteiger partial charge on any atom is -0.496 e. The fourth-order valence-corrected chi connectivity index (χ4v) is 4.33. The highest BCUT2D eigenvalue weighted by molar-refractivity contribution is 7.91. The van der Waals surface area contributed by atoms with E-state index in [0.29, 0.717) is 5.56 Å². The molecule has 0 amide bonds. The Kier molecular flexibility index (Phi) is 6.75. The molecule has 0 radical (unpaired) electrons. The average Bonchev–Trinajstić information content (AvgIpc) is 2.65. The number of carbonyl (C=O) groups is 1. The first kappa shape index (κ1) is 21.1. The number of methoxy groups -OCH3 is 1. The van der Waals surface area contributed by atoms with E-state index in [1.165, 1.54) is 13.2 Å². The Morgan fingerprint density at radius 3 is 2.30 bits per heavy atom. The number of aryl methyl sites for hydroxylation is 1. The van der Waals surface area contributed by atoms with Crippen molar-refractivity contribution in [2.45, 2.75) is 36.5 Å². The summed E-state index contributed by atoms with van der Waals surface area (Å²) in [5, 5.41) is 8.76. The maximum absolute atomic E-state index is 13.2. The number of hydrogen-bond acceptors (Lipinski definition) is 6. The largest absolute Gasteiger partial charge is 0.496 e. The zero-order valence-electron chi connectivity index (χ0n) is 15.9. The van der Waals surface area contributed by atoms with Crippen molar-refractivity contribution < 1.29 is 27.8 Å². The maximum Gasteiger partial charge on any atom is 0.206 e. The van der Waals surface area contributed by atoms with Gasteiger partial charge in [-0.1, -0.05) is 31.5 Å². The molecule has 27 heavy (non-hydrogen) atoms. The second-order valence-electron chi connectivity index (χ2n) is 6.46. The second kappa shape index (κ2) is 8.65. The number of aliphatic hydroxyl groups is 1. The van der Waals surface area contributed by atoms with Crippen LogP contribution in [0.5, 0.6) is 5.75 Å². The van der Waals surface area contributed by atoms with E-state index in [1.807, 2.05) is 20.8 Å². The Morgan fingerprint density at radius 1 is 1.15 bits per heavy atom. The highest BCUT2D eigenvalue weighted by Crippen LogP contribution is 2.34. The molecule has 0 saturated heterocycles. The standard InChI is InChI=1S/C20H24O6S/c1-13(2)16-9-19(25-4)17(18(22)11-26-12-21)10-20(16)27(23,24)15-7-5-14(3)6-8-15/h5-10,13,21H,11-12H2,1-4H3. The number of benzene rings is 2. The van der Waals surface area contributed by atoms with Crippen LogP contribution in [0.25, 0.3) is 0 Å². The van der Waals surface area contributed by atoms with E-state index in [1.54, 1.807) is 30.3 Å². The van der Waals surface area contributed by atoms with Gasteiger partial charge in [0.05, 0.1) is 22.5 Å². The summed E-state index contributed by atoms with van der Waals surface area (Å²) in [5.74, 6) is -0.309. The van der Waals surface area contributed by atoms with E-state index < -0.39 is 22.4 Å². The summed E-state index contributed by atoms with van der Waals surface area (Å²) < 4.78 is 36.5. The first-order valence-corrected chi connectivity index (χ1v) is 9.96. The van der Waals surface area contributed by atoms with E-state index >= 15 is 0 Å². The lowest BCUT2D eigenvalue weighted by molar-refractivity contribution is 0.00340. The molecule has 0 aliphatic carbocycles. The molecular weight excluding hydrogens is 368 g/mol. The predicted octanol–water partition coefficient (Wildman–Crippen LogP) is 3.11. The minimum atomic E-state index is -3.83. The van der Waals surface area contributed by atoms with Crippen LogP contribution >= 0.6 is 0 Å². The Hall–Kier alpha value is -2.22. The van der Waals surface area contributed by atoms with Gasteiger partial charge in [-0.05, 0) is 42.7 Å². The van der Waals surface area contributed by atoms with Gasteiger partial charge in [-0.15, -0.1) is 0 Å². The zero-order valence-corrected chi connectivity index (χ0v) is 16.7. The number of carbonyl (C=O) groups excluding carboxylic acids is 1. The Labute approximate surface area is 159 Å². The van der Waals surface area contributed by atoms with Crippen molar-refractivity contribution in [2.24, 2.45) is 0 Å². The first-order valence-electron chi connectivity index (χ1n) is 8.47. The van der Waals surface area contributed by atoms with Crippen LogP contribution in [-0.2, 0) is 14.6 Å². The van der Waals surface area contributed by atoms with Crippen LogP contribution in [0.3, 0.4) is 0 Å². The van der Waals surface area contributed by atoms with Gasteiger partial charge >= 0.3 is 0 Å². The van der Waals surface area contributed by atoms with E-state index in [9.17, 15) is 13.2 Å². The number of Topliss-reactive ketones (excluding diaryl/α,β-unsaturated/α-hetero) is 1. The quantitative estimate of drug-likeness (QED) is 0.548. The smallest absolute Gasteiger partial charge is 0.206 e. The van der Waals surface area contributed by atoms with Crippen LogP contribution in [0.1, 0.15) is 41.3 Å². The summed E-state index contributed by atoms with van der Waals surface area (Å²) in [6.07, 6.45) is 0. The lowest BCUT2D eigenvalue weighted by Gasteiger charge is -2.18. The van der Waals surface area contributed by atoms with Gasteiger partial charge in [0.25, 0.3) is 0 Å². The molecule has 2 aromatic rings. The van der Waals surface area contributed by atoms with E-state index in [0.717, 1.165) is 5.56 Å². The highest BCUT2D eigenvalue weighted by Gasteiger charge is 2.26. The fraction of sp³-hybridized carbons (Fsp3) is 0.350. The van der Waals surface area contributed by atoms with E-state index in [4.69, 9.17) is 14.6 Å². The van der Waals surface area contributed by atoms with Gasteiger partial charge in [0.15, 0.2) is 5.78 Å². The lowest BCUT2D eigenvalue weighted by Crippen LogP contribution is -2.14. The van der Waals surface area contributed by atoms with E-state index in [-0.39, 0.29) is 33.6 Å². The summed E-state index contributed by atoms with van der Waals surface area (Å²) in [5.41, 5.74) is 1.61. The van der Waals surface area contributed by atoms with Gasteiger partial charge in [-0.25, -0.2) is 8.42 Å². The normalized spacial score (nSPS) is 11.6. The van der Waals surface area contributed by atoms with Crippen molar-refractivity contribution in [1.29, 1.82) is 0 Å². The summed E-state index contributed by atoms with van der Waals surface area (Å²) in [6, 6.07) is 9.48. The molecule has 2 rings (SSSR count). The third-order valence-electron chi connectivity index (χ3n) is 4.20. The molecule has 0 fully saturated rings. The molecule has 146 valence electrons. The van der Waals surface area contributed by atoms with E-state index in [2.05, 4.69) is 0 Å². The molecule has 7 heteroatoms. The Morgan fingerprint density at radius 2 is 1.78 bits per heavy atom. The van der Waals surface area contributed by atoms with Crippen molar-refractivity contribution in [2.75, 3.05) is 20.5 Å². The van der Waals surface area contributed by atoms with Crippen molar-refractivity contribution in [1.82, 2.24) is 0 Å². The number of ether oxygens (including phenoxy) is 2. The molecule has 0 bridgehead atoms. The second-order valence-corrected chi connectivity index (χ2v) is 8.38. The molecule has 0 aliphatic heterocycles. The number of sulfone groups is 1. The first-order chi connectivity index (χ1) is 12.7. The van der Waals surface area contributed by atoms with Crippen molar-refractivity contribution in [3.05, 3.63) is 53.1 Å². The molecule has 0 unspecified atom stereocenters. The van der Waals surface area contributed by atoms with Crippen molar-refractivity contribution in [3.63, 3.8) is 0 Å². The SMILES string of the molecule is COc1cc(C(C)C)c(S(=O)(=O)c2ccc(C)cc2)cc1C(=O)COCO. The lowest BCUT2D eigenvalue weighted by atomic mass is 9.99. The van der Waals surface area contributed by atoms with Crippen molar-refractivity contribution >= 4 is 15.6 Å². The molecule has 0 aliphatic rings. The van der Waals surface area contributed by atoms with Gasteiger partial charge in [-0.3, -0.25) is 4.79 Å². The number of ketones is 1. The molecule has 0 saturated carbocycles. The van der Waals surface area contributed by atoms with Crippen LogP contribution in [-0.4, -0.2) is 39.8 Å². The molecule has 1 N–H and O–H groups in total. The summed E-state index contributed by atoms with van der Waals surface area (Å²) in [4.78, 5) is 12.6. The average molecular weight is 392 g/mol. The maximum atomic E-state index is 13.2. The summed E-state index contributed by atoms with van der Waals surface area (Å²) >= 11 is 0. The topological polar surface area (TPSA) is 89.9 Å². The Bertz CT molecular complexity index is 914. The molecule has 0 spiro atoms. The number of hydrogen-bond donors (Lipinski definition) is 1. The molecular formula is C20H24O6S. The van der Waals surface area contributed by atoms with Crippen LogP contribution in [0.4, 0.5) is 0 Å². The van der Waals surface area contributed by atoms with Crippen LogP contribution in [0.2, 0.25) is 0 Å². The molecule has 0 aromatic heterocycles. The molecule has 2 aromatic carbocycles. The van der Waals surface area contributed by atoms with Gasteiger partial charge in [0.1, 0.15) is 19.1 Å². The van der Waals surface area contributed by atoms with Gasteiger partial charge in [0, 0.05) is 0 Å². The fourth-order valence-electron chi connectivity index (χ4n) is 2.71. The molecule has 0 atom stereocenters. The van der Waals surface area contributed by atoms with Gasteiger partial charge in [0.2, 0.25) is 9.84 Å². The van der Waals surface area contributed by atoms with Gasteiger partial charge in [-0.2, -0.15) is 0 Å². The minimum absolute atomic E-state index is 0.0644. The third-order valence-corrected chi connectivity index (χ3v) is 6.02. The molecule has 0 heterocycles. The molecule has 6 nitrogen and oxygen atoms in total. The summed E-state index contributed by atoms with van der Waals surface area (Å²) in [7, 11) is -2.42. The van der Waals surface area contributed by atoms with Crippen LogP contribution < -0.4 is 4.74 Å². The zero-order chi connectivity index (χ0) is 20.2. The van der Waals surface area contributed by atoms with Crippen LogP contribution in [0.15, 0.2) is 46.2 Å². The van der Waals surface area contributed by atoms with Crippen LogP contribution in [0, 0.1) is 6.92 Å². The predicted molar refractivity (Wildman–Crippen MR) is 101 cm³/mol. The summed E-state index contributed by atoms with van der Waals surface area (Å²) in [6.45, 7) is 4.64. The third kappa shape index (κ3) is 4.55. The van der Waals surface area contributed by atoms with Crippen molar-refractivity contribution in [3.8, 4) is 5.75 Å². The Balaban J connectivity index is 2.69. The number of aliphatic hydroxyl groups excluding tert-OH is 1.